The molecule has 15 heavy (non-hydrogen) atoms. The topological polar surface area (TPSA) is 20.3 Å². The highest BCUT2D eigenvalue weighted by atomic mass is 16.2. The lowest BCUT2D eigenvalue weighted by Crippen LogP contribution is -2.32. The van der Waals surface area contributed by atoms with E-state index in [0.29, 0.717) is 12.3 Å². The number of carbonyl (C=O) groups is 1. The van der Waals surface area contributed by atoms with Gasteiger partial charge < -0.3 is 4.90 Å². The van der Waals surface area contributed by atoms with Gasteiger partial charge in [-0.25, -0.2) is 0 Å². The van der Waals surface area contributed by atoms with E-state index in [1.54, 1.807) is 0 Å². The van der Waals surface area contributed by atoms with Gasteiger partial charge in [-0.3, -0.25) is 4.79 Å². The molecule has 2 heteroatoms. The molecular weight excluding hydrogens is 186 g/mol. The van der Waals surface area contributed by atoms with Crippen molar-refractivity contribution in [2.75, 3.05) is 13.1 Å². The van der Waals surface area contributed by atoms with Crippen LogP contribution in [0.3, 0.4) is 0 Å². The quantitative estimate of drug-likeness (QED) is 0.536. The van der Waals surface area contributed by atoms with Crippen LogP contribution in [0.1, 0.15) is 65.7 Å². The van der Waals surface area contributed by atoms with E-state index in [-0.39, 0.29) is 0 Å². The van der Waals surface area contributed by atoms with Crippen molar-refractivity contribution in [3.8, 4) is 0 Å². The first-order valence-electron chi connectivity index (χ1n) is 6.54. The SMILES string of the molecule is CCCCCN(CCCCC)C(=O)CC. The molecule has 2 nitrogen and oxygen atoms in total. The van der Waals surface area contributed by atoms with E-state index in [4.69, 9.17) is 0 Å². The molecule has 0 aromatic carbocycles. The zero-order valence-corrected chi connectivity index (χ0v) is 10.7. The zero-order chi connectivity index (χ0) is 11.5. The molecule has 0 aromatic heterocycles. The highest BCUT2D eigenvalue weighted by molar-refractivity contribution is 5.75. The van der Waals surface area contributed by atoms with Crippen LogP contribution in [-0.4, -0.2) is 23.9 Å². The summed E-state index contributed by atoms with van der Waals surface area (Å²) in [5.41, 5.74) is 0. The molecule has 0 rings (SSSR count). The average Bonchev–Trinajstić information content (AvgIpc) is 2.26. The van der Waals surface area contributed by atoms with E-state index >= 15 is 0 Å². The van der Waals surface area contributed by atoms with E-state index in [0.717, 1.165) is 25.9 Å². The summed E-state index contributed by atoms with van der Waals surface area (Å²) < 4.78 is 0. The van der Waals surface area contributed by atoms with Gasteiger partial charge in [0.05, 0.1) is 0 Å². The fraction of sp³-hybridized carbons (Fsp3) is 0.923. The fourth-order valence-corrected chi connectivity index (χ4v) is 1.69. The van der Waals surface area contributed by atoms with Crippen LogP contribution in [0, 0.1) is 0 Å². The van der Waals surface area contributed by atoms with Gasteiger partial charge in [-0.2, -0.15) is 0 Å². The Balaban J connectivity index is 3.79. The summed E-state index contributed by atoms with van der Waals surface area (Å²) in [4.78, 5) is 13.7. The number of hydrogen-bond acceptors (Lipinski definition) is 1. The van der Waals surface area contributed by atoms with Gasteiger partial charge in [-0.15, -0.1) is 0 Å². The first-order chi connectivity index (χ1) is 7.26. The minimum atomic E-state index is 0.321. The molecule has 90 valence electrons. The Morgan fingerprint density at radius 2 is 1.33 bits per heavy atom. The van der Waals surface area contributed by atoms with Gasteiger partial charge in [0.15, 0.2) is 0 Å². The molecule has 0 N–H and O–H groups in total. The van der Waals surface area contributed by atoms with Crippen molar-refractivity contribution in [2.45, 2.75) is 65.7 Å². The van der Waals surface area contributed by atoms with E-state index in [1.165, 1.54) is 25.7 Å². The van der Waals surface area contributed by atoms with Crippen LogP contribution in [0.25, 0.3) is 0 Å². The van der Waals surface area contributed by atoms with Crippen molar-refractivity contribution in [3.05, 3.63) is 0 Å². The third-order valence-electron chi connectivity index (χ3n) is 2.72. The van der Waals surface area contributed by atoms with Crippen molar-refractivity contribution in [1.82, 2.24) is 4.90 Å². The molecule has 0 aliphatic heterocycles. The third kappa shape index (κ3) is 7.40. The van der Waals surface area contributed by atoms with Crippen LogP contribution < -0.4 is 0 Å². The number of unbranched alkanes of at least 4 members (excludes halogenated alkanes) is 4. The van der Waals surface area contributed by atoms with Crippen molar-refractivity contribution in [1.29, 1.82) is 0 Å². The maximum atomic E-state index is 11.6. The molecule has 0 heterocycles. The molecule has 0 fully saturated rings. The molecule has 0 aliphatic carbocycles. The van der Waals surface area contributed by atoms with Crippen molar-refractivity contribution < 1.29 is 4.79 Å². The second-order valence-electron chi connectivity index (χ2n) is 4.15. The number of amides is 1. The summed E-state index contributed by atoms with van der Waals surface area (Å²) in [5, 5.41) is 0. The molecule has 0 saturated carbocycles. The Hall–Kier alpha value is -0.530. The van der Waals surface area contributed by atoms with Gasteiger partial charge in [0, 0.05) is 19.5 Å². The number of carbonyl (C=O) groups excluding carboxylic acids is 1. The van der Waals surface area contributed by atoms with Crippen LogP contribution in [0.2, 0.25) is 0 Å². The smallest absolute Gasteiger partial charge is 0.222 e. The summed E-state index contributed by atoms with van der Waals surface area (Å²) in [7, 11) is 0. The standard InChI is InChI=1S/C13H27NO/c1-4-7-9-11-14(13(15)6-3)12-10-8-5-2/h4-12H2,1-3H3. The summed E-state index contributed by atoms with van der Waals surface area (Å²) in [5.74, 6) is 0.321. The van der Waals surface area contributed by atoms with Crippen LogP contribution >= 0.6 is 0 Å². The number of rotatable bonds is 9. The molecule has 0 aliphatic rings. The average molecular weight is 213 g/mol. The van der Waals surface area contributed by atoms with Gasteiger partial charge in [0.1, 0.15) is 0 Å². The molecule has 0 atom stereocenters. The molecule has 0 spiro atoms. The molecule has 0 radical (unpaired) electrons. The van der Waals surface area contributed by atoms with Crippen LogP contribution in [0.5, 0.6) is 0 Å². The Kier molecular flexibility index (Phi) is 9.65. The second-order valence-corrected chi connectivity index (χ2v) is 4.15. The van der Waals surface area contributed by atoms with E-state index in [2.05, 4.69) is 13.8 Å². The van der Waals surface area contributed by atoms with Crippen molar-refractivity contribution in [2.24, 2.45) is 0 Å². The van der Waals surface area contributed by atoms with Gasteiger partial charge >= 0.3 is 0 Å². The predicted octanol–water partition coefficient (Wildman–Crippen LogP) is 3.61. The highest BCUT2D eigenvalue weighted by Crippen LogP contribution is 2.04. The minimum absolute atomic E-state index is 0.321. The molecule has 0 aromatic rings. The van der Waals surface area contributed by atoms with Gasteiger partial charge in [-0.05, 0) is 12.8 Å². The van der Waals surface area contributed by atoms with Crippen molar-refractivity contribution >= 4 is 5.91 Å². The van der Waals surface area contributed by atoms with Gasteiger partial charge in [-0.1, -0.05) is 46.5 Å². The summed E-state index contributed by atoms with van der Waals surface area (Å²) >= 11 is 0. The first kappa shape index (κ1) is 14.5. The Bertz CT molecular complexity index is 147. The van der Waals surface area contributed by atoms with Gasteiger partial charge in [0.2, 0.25) is 5.91 Å². The second kappa shape index (κ2) is 10.0. The monoisotopic (exact) mass is 213 g/mol. The Morgan fingerprint density at radius 1 is 0.867 bits per heavy atom. The molecule has 1 amide bonds. The third-order valence-corrected chi connectivity index (χ3v) is 2.72. The maximum absolute atomic E-state index is 11.6. The number of nitrogens with zero attached hydrogens (tertiary/aromatic N) is 1. The summed E-state index contributed by atoms with van der Waals surface area (Å²) in [6, 6.07) is 0. The Morgan fingerprint density at radius 3 is 1.67 bits per heavy atom. The van der Waals surface area contributed by atoms with Crippen LogP contribution in [-0.2, 0) is 4.79 Å². The minimum Gasteiger partial charge on any atom is -0.343 e. The highest BCUT2D eigenvalue weighted by Gasteiger charge is 2.09. The van der Waals surface area contributed by atoms with Gasteiger partial charge in [0.25, 0.3) is 0 Å². The zero-order valence-electron chi connectivity index (χ0n) is 10.7. The lowest BCUT2D eigenvalue weighted by Gasteiger charge is -2.22. The van der Waals surface area contributed by atoms with E-state index < -0.39 is 0 Å². The first-order valence-corrected chi connectivity index (χ1v) is 6.54. The molecule has 0 saturated heterocycles. The largest absolute Gasteiger partial charge is 0.343 e. The van der Waals surface area contributed by atoms with Crippen LogP contribution in [0.15, 0.2) is 0 Å². The fourth-order valence-electron chi connectivity index (χ4n) is 1.69. The lowest BCUT2D eigenvalue weighted by molar-refractivity contribution is -0.131. The predicted molar refractivity (Wildman–Crippen MR) is 65.9 cm³/mol. The van der Waals surface area contributed by atoms with E-state index in [9.17, 15) is 4.79 Å². The molecular formula is C13H27NO. The summed E-state index contributed by atoms with van der Waals surface area (Å²) in [6.45, 7) is 8.27. The number of hydrogen-bond donors (Lipinski definition) is 0. The molecule has 0 unspecified atom stereocenters. The normalized spacial score (nSPS) is 10.3. The van der Waals surface area contributed by atoms with E-state index in [1.807, 2.05) is 11.8 Å². The molecule has 0 bridgehead atoms. The van der Waals surface area contributed by atoms with Crippen LogP contribution in [0.4, 0.5) is 0 Å². The summed E-state index contributed by atoms with van der Waals surface area (Å²) in [6.07, 6.45) is 7.90. The van der Waals surface area contributed by atoms with Crippen molar-refractivity contribution in [3.63, 3.8) is 0 Å². The maximum Gasteiger partial charge on any atom is 0.222 e. The lowest BCUT2D eigenvalue weighted by atomic mass is 10.2. The Labute approximate surface area is 95.0 Å².